The number of ether oxygens (including phenoxy) is 1. The molecule has 0 spiro atoms. The molecule has 1 saturated heterocycles. The molecule has 5 heteroatoms. The molecule has 1 aliphatic rings. The molecule has 0 aromatic heterocycles. The van der Waals surface area contributed by atoms with Crippen molar-refractivity contribution >= 4 is 26.5 Å². The molecule has 26 heavy (non-hydrogen) atoms. The highest BCUT2D eigenvalue weighted by atomic mass is 28.4. The minimum Gasteiger partial charge on any atom is -0.402 e. The Morgan fingerprint density at radius 1 is 1.04 bits per heavy atom. The van der Waals surface area contributed by atoms with Gasteiger partial charge in [-0.1, -0.05) is 81.4 Å². The van der Waals surface area contributed by atoms with Crippen molar-refractivity contribution in [3.05, 3.63) is 60.7 Å². The molecule has 3 atom stereocenters. The normalized spacial score (nSPS) is 23.9. The van der Waals surface area contributed by atoms with Crippen molar-refractivity contribution in [3.63, 3.8) is 0 Å². The second-order valence-corrected chi connectivity index (χ2v) is 12.2. The zero-order valence-electron chi connectivity index (χ0n) is 15.8. The van der Waals surface area contributed by atoms with E-state index in [1.807, 2.05) is 12.1 Å². The zero-order valence-corrected chi connectivity index (χ0v) is 16.8. The van der Waals surface area contributed by atoms with Gasteiger partial charge in [0.1, 0.15) is 14.0 Å². The maximum atomic E-state index is 9.75. The molecule has 1 aliphatic heterocycles. The van der Waals surface area contributed by atoms with Crippen LogP contribution in [-0.2, 0) is 9.16 Å². The number of rotatable bonds is 5. The first kappa shape index (κ1) is 19.4. The highest BCUT2D eigenvalue weighted by Crippen LogP contribution is 2.39. The lowest BCUT2D eigenvalue weighted by atomic mass is 9.96. The summed E-state index contributed by atoms with van der Waals surface area (Å²) in [6.07, 6.45) is -0.0108. The molecule has 0 bridgehead atoms. The molecule has 3 rings (SSSR count). The van der Waals surface area contributed by atoms with Crippen LogP contribution in [0.2, 0.25) is 5.04 Å². The van der Waals surface area contributed by atoms with Crippen LogP contribution >= 0.6 is 0 Å². The molecule has 2 radical (unpaired) electrons. The lowest BCUT2D eigenvalue weighted by Crippen LogP contribution is -2.68. The first-order valence-electron chi connectivity index (χ1n) is 9.19. The van der Waals surface area contributed by atoms with Crippen LogP contribution in [0.3, 0.4) is 0 Å². The van der Waals surface area contributed by atoms with Crippen molar-refractivity contribution in [3.8, 4) is 0 Å². The van der Waals surface area contributed by atoms with Gasteiger partial charge in [0.15, 0.2) is 0 Å². The fraction of sp³-hybridized carbons (Fsp3) is 0.429. The third-order valence-electron chi connectivity index (χ3n) is 5.15. The predicted octanol–water partition coefficient (Wildman–Crippen LogP) is 2.21. The van der Waals surface area contributed by atoms with E-state index in [9.17, 15) is 5.11 Å². The molecule has 0 aliphatic carbocycles. The number of aliphatic hydroxyl groups excluding tert-OH is 1. The van der Waals surface area contributed by atoms with E-state index in [2.05, 4.69) is 69.3 Å². The lowest BCUT2D eigenvalue weighted by Gasteiger charge is -2.45. The Balaban J connectivity index is 2.15. The molecule has 1 fully saturated rings. The van der Waals surface area contributed by atoms with Crippen molar-refractivity contribution in [2.24, 2.45) is 0 Å². The van der Waals surface area contributed by atoms with Gasteiger partial charge in [-0.15, -0.1) is 0 Å². The Bertz CT molecular complexity index is 663. The number of hydrogen-bond acceptors (Lipinski definition) is 3. The van der Waals surface area contributed by atoms with Gasteiger partial charge in [0, 0.05) is 6.00 Å². The molecular weight excluding hydrogens is 339 g/mol. The fourth-order valence-electron chi connectivity index (χ4n) is 3.95. The molecule has 2 aromatic carbocycles. The molecule has 1 N–H and O–H groups in total. The molecule has 0 unspecified atom stereocenters. The van der Waals surface area contributed by atoms with Crippen LogP contribution in [0, 0.1) is 0 Å². The van der Waals surface area contributed by atoms with Crippen LogP contribution in [-0.4, -0.2) is 46.1 Å². The standard InChI is InChI=1S/C21H27BO3Si/c1-21(2,3)26(16-10-6-4-7-11-16,17-12-8-5-9-13-17)25-18-14-20(22)24-19(18)15-23/h4-13,18-20,23H,14-15H2,1-3H3/t18-,19+,20+/m0/s1. The third-order valence-corrected chi connectivity index (χ3v) is 10.2. The summed E-state index contributed by atoms with van der Waals surface area (Å²) >= 11 is 0. The Kier molecular flexibility index (Phi) is 5.73. The van der Waals surface area contributed by atoms with E-state index in [0.29, 0.717) is 6.42 Å². The van der Waals surface area contributed by atoms with Crippen LogP contribution in [0.15, 0.2) is 60.7 Å². The van der Waals surface area contributed by atoms with Gasteiger partial charge in [-0.25, -0.2) is 0 Å². The van der Waals surface area contributed by atoms with E-state index in [4.69, 9.17) is 17.0 Å². The minimum absolute atomic E-state index is 0.0867. The molecule has 0 saturated carbocycles. The average molecular weight is 366 g/mol. The summed E-state index contributed by atoms with van der Waals surface area (Å²) in [5, 5.41) is 12.1. The van der Waals surface area contributed by atoms with Gasteiger partial charge in [0.25, 0.3) is 8.32 Å². The predicted molar refractivity (Wildman–Crippen MR) is 109 cm³/mol. The summed E-state index contributed by atoms with van der Waals surface area (Å²) in [5.41, 5.74) is 0. The van der Waals surface area contributed by atoms with Crippen LogP contribution in [0.4, 0.5) is 0 Å². The maximum absolute atomic E-state index is 9.75. The van der Waals surface area contributed by atoms with E-state index >= 15 is 0 Å². The first-order chi connectivity index (χ1) is 12.4. The number of benzene rings is 2. The van der Waals surface area contributed by atoms with Gasteiger partial charge in [-0.3, -0.25) is 0 Å². The number of aliphatic hydroxyl groups is 1. The van der Waals surface area contributed by atoms with Crippen molar-refractivity contribution in [1.82, 2.24) is 0 Å². The summed E-state index contributed by atoms with van der Waals surface area (Å²) < 4.78 is 12.7. The largest absolute Gasteiger partial charge is 0.402 e. The monoisotopic (exact) mass is 366 g/mol. The van der Waals surface area contributed by atoms with Crippen LogP contribution < -0.4 is 10.4 Å². The first-order valence-corrected chi connectivity index (χ1v) is 11.1. The highest BCUT2D eigenvalue weighted by Gasteiger charge is 2.53. The van der Waals surface area contributed by atoms with Gasteiger partial charge >= 0.3 is 0 Å². The zero-order chi connectivity index (χ0) is 18.8. The Morgan fingerprint density at radius 2 is 1.54 bits per heavy atom. The van der Waals surface area contributed by atoms with E-state index in [1.54, 1.807) is 0 Å². The maximum Gasteiger partial charge on any atom is 0.261 e. The van der Waals surface area contributed by atoms with E-state index < -0.39 is 14.3 Å². The average Bonchev–Trinajstić information content (AvgIpc) is 2.99. The lowest BCUT2D eigenvalue weighted by molar-refractivity contribution is 0.000910. The highest BCUT2D eigenvalue weighted by molar-refractivity contribution is 6.99. The molecule has 0 amide bonds. The summed E-state index contributed by atoms with van der Waals surface area (Å²) in [6.45, 7) is 6.63. The van der Waals surface area contributed by atoms with Gasteiger partial charge in [-0.05, 0) is 21.8 Å². The van der Waals surface area contributed by atoms with E-state index in [-0.39, 0.29) is 23.9 Å². The van der Waals surface area contributed by atoms with Crippen molar-refractivity contribution in [2.45, 2.75) is 50.4 Å². The van der Waals surface area contributed by atoms with Crippen molar-refractivity contribution in [1.29, 1.82) is 0 Å². The summed E-state index contributed by atoms with van der Waals surface area (Å²) in [7, 11) is 3.35. The Morgan fingerprint density at radius 3 is 1.96 bits per heavy atom. The van der Waals surface area contributed by atoms with Gasteiger partial charge < -0.3 is 14.3 Å². The summed E-state index contributed by atoms with van der Waals surface area (Å²) in [5.74, 6) is 0. The SMILES string of the molecule is [B][C@H]1C[C@H](O[Si](c2ccccc2)(c2ccccc2)C(C)(C)C)[C@@H](CO)O1. The molecule has 3 nitrogen and oxygen atoms in total. The summed E-state index contributed by atoms with van der Waals surface area (Å²) in [6, 6.07) is 20.6. The summed E-state index contributed by atoms with van der Waals surface area (Å²) in [4.78, 5) is 0. The van der Waals surface area contributed by atoms with Gasteiger partial charge in [0.2, 0.25) is 0 Å². The second kappa shape index (κ2) is 7.69. The van der Waals surface area contributed by atoms with Gasteiger partial charge in [0.05, 0.1) is 12.7 Å². The van der Waals surface area contributed by atoms with Crippen LogP contribution in [0.25, 0.3) is 0 Å². The minimum atomic E-state index is -2.65. The van der Waals surface area contributed by atoms with Crippen molar-refractivity contribution in [2.75, 3.05) is 6.61 Å². The van der Waals surface area contributed by atoms with E-state index in [0.717, 1.165) is 0 Å². The topological polar surface area (TPSA) is 38.7 Å². The third kappa shape index (κ3) is 3.54. The smallest absolute Gasteiger partial charge is 0.261 e. The number of hydrogen-bond donors (Lipinski definition) is 1. The van der Waals surface area contributed by atoms with Gasteiger partial charge in [-0.2, -0.15) is 0 Å². The van der Waals surface area contributed by atoms with E-state index in [1.165, 1.54) is 10.4 Å². The Labute approximate surface area is 158 Å². The second-order valence-electron chi connectivity index (χ2n) is 7.95. The van der Waals surface area contributed by atoms with Crippen LogP contribution in [0.5, 0.6) is 0 Å². The molecule has 2 aromatic rings. The Hall–Kier alpha value is -1.40. The molecule has 136 valence electrons. The van der Waals surface area contributed by atoms with Crippen LogP contribution in [0.1, 0.15) is 27.2 Å². The molecular formula is C21H27BO3Si. The van der Waals surface area contributed by atoms with Crippen molar-refractivity contribution < 1.29 is 14.3 Å². The quantitative estimate of drug-likeness (QED) is 0.825. The molecule has 1 heterocycles. The fourth-order valence-corrected chi connectivity index (χ4v) is 8.67.